The van der Waals surface area contributed by atoms with Gasteiger partial charge in [0.25, 0.3) is 0 Å². The molecule has 1 amide bonds. The van der Waals surface area contributed by atoms with Crippen molar-refractivity contribution in [2.24, 2.45) is 0 Å². The molecule has 1 aromatic heterocycles. The zero-order valence-electron chi connectivity index (χ0n) is 9.30. The summed E-state index contributed by atoms with van der Waals surface area (Å²) in [6, 6.07) is 4.28. The maximum atomic E-state index is 10.9. The Morgan fingerprint density at radius 2 is 2.27 bits per heavy atom. The Balaban J connectivity index is 2.05. The number of hydrogen-bond acceptors (Lipinski definition) is 3. The molecule has 0 radical (unpaired) electrons. The number of rotatable bonds is 6. The molecule has 2 N–H and O–H groups in total. The van der Waals surface area contributed by atoms with Crippen molar-refractivity contribution in [1.29, 1.82) is 0 Å². The molecule has 1 heterocycles. The number of nitrogens with one attached hydrogen (secondary N) is 2. The fourth-order valence-corrected chi connectivity index (χ4v) is 2.15. The van der Waals surface area contributed by atoms with Crippen molar-refractivity contribution in [1.82, 2.24) is 10.6 Å². The van der Waals surface area contributed by atoms with Crippen molar-refractivity contribution in [2.45, 2.75) is 26.3 Å². The maximum Gasteiger partial charge on any atom is 0.219 e. The van der Waals surface area contributed by atoms with E-state index < -0.39 is 0 Å². The van der Waals surface area contributed by atoms with Crippen LogP contribution in [0.25, 0.3) is 0 Å². The standard InChI is InChI=1S/C11H18N2OS/c1-9-5-6-10(15-9)8-13-7-3-4-11(14)12-2/h5-6,13H,3-4,7-8H2,1-2H3,(H,12,14). The van der Waals surface area contributed by atoms with Gasteiger partial charge in [0.05, 0.1) is 0 Å². The van der Waals surface area contributed by atoms with Crippen LogP contribution in [0.5, 0.6) is 0 Å². The summed E-state index contributed by atoms with van der Waals surface area (Å²) in [5.74, 6) is 0.115. The molecule has 0 saturated heterocycles. The fraction of sp³-hybridized carbons (Fsp3) is 0.545. The Morgan fingerprint density at radius 1 is 1.47 bits per heavy atom. The van der Waals surface area contributed by atoms with Gasteiger partial charge in [0.15, 0.2) is 0 Å². The van der Waals surface area contributed by atoms with E-state index in [1.807, 2.05) is 11.3 Å². The van der Waals surface area contributed by atoms with Crippen molar-refractivity contribution in [3.8, 4) is 0 Å². The van der Waals surface area contributed by atoms with Crippen LogP contribution in [0.3, 0.4) is 0 Å². The molecule has 84 valence electrons. The van der Waals surface area contributed by atoms with Crippen LogP contribution in [0.1, 0.15) is 22.6 Å². The van der Waals surface area contributed by atoms with Gasteiger partial charge in [-0.25, -0.2) is 0 Å². The first kappa shape index (κ1) is 12.2. The van der Waals surface area contributed by atoms with E-state index in [0.717, 1.165) is 19.5 Å². The van der Waals surface area contributed by atoms with E-state index in [2.05, 4.69) is 29.7 Å². The Labute approximate surface area is 94.9 Å². The lowest BCUT2D eigenvalue weighted by Gasteiger charge is -2.02. The molecule has 1 rings (SSSR count). The summed E-state index contributed by atoms with van der Waals surface area (Å²) in [5.41, 5.74) is 0. The molecular formula is C11H18N2OS. The van der Waals surface area contributed by atoms with E-state index in [-0.39, 0.29) is 5.91 Å². The number of amides is 1. The predicted molar refractivity (Wildman–Crippen MR) is 64.1 cm³/mol. The van der Waals surface area contributed by atoms with Crippen LogP contribution in [-0.2, 0) is 11.3 Å². The maximum absolute atomic E-state index is 10.9. The van der Waals surface area contributed by atoms with Crippen LogP contribution in [0.15, 0.2) is 12.1 Å². The topological polar surface area (TPSA) is 41.1 Å². The number of hydrogen-bond donors (Lipinski definition) is 2. The SMILES string of the molecule is CNC(=O)CCCNCc1ccc(C)s1. The molecule has 0 aliphatic rings. The number of carbonyl (C=O) groups excluding carboxylic acids is 1. The van der Waals surface area contributed by atoms with E-state index >= 15 is 0 Å². The summed E-state index contributed by atoms with van der Waals surface area (Å²) in [6.07, 6.45) is 1.50. The van der Waals surface area contributed by atoms with Gasteiger partial charge in [-0.05, 0) is 32.0 Å². The predicted octanol–water partition coefficient (Wildman–Crippen LogP) is 1.67. The Bertz CT molecular complexity index is 309. The van der Waals surface area contributed by atoms with E-state index in [4.69, 9.17) is 0 Å². The van der Waals surface area contributed by atoms with E-state index in [1.165, 1.54) is 9.75 Å². The monoisotopic (exact) mass is 226 g/mol. The average Bonchev–Trinajstić information content (AvgIpc) is 2.63. The molecule has 0 aromatic carbocycles. The molecule has 0 aliphatic carbocycles. The summed E-state index contributed by atoms with van der Waals surface area (Å²) in [7, 11) is 1.67. The van der Waals surface area contributed by atoms with Gasteiger partial charge in [-0.15, -0.1) is 11.3 Å². The van der Waals surface area contributed by atoms with Gasteiger partial charge < -0.3 is 10.6 Å². The van der Waals surface area contributed by atoms with Gasteiger partial charge in [0.2, 0.25) is 5.91 Å². The largest absolute Gasteiger partial charge is 0.359 e. The minimum absolute atomic E-state index is 0.115. The lowest BCUT2D eigenvalue weighted by molar-refractivity contribution is -0.120. The lowest BCUT2D eigenvalue weighted by Crippen LogP contribution is -2.20. The van der Waals surface area contributed by atoms with Gasteiger partial charge in [-0.3, -0.25) is 4.79 Å². The molecular weight excluding hydrogens is 208 g/mol. The first-order chi connectivity index (χ1) is 7.22. The van der Waals surface area contributed by atoms with Crippen molar-refractivity contribution in [3.63, 3.8) is 0 Å². The molecule has 0 bridgehead atoms. The molecule has 4 heteroatoms. The first-order valence-corrected chi connectivity index (χ1v) is 6.00. The summed E-state index contributed by atoms with van der Waals surface area (Å²) in [6.45, 7) is 3.91. The minimum atomic E-state index is 0.115. The smallest absolute Gasteiger partial charge is 0.219 e. The second-order valence-corrected chi connectivity index (χ2v) is 4.84. The van der Waals surface area contributed by atoms with Crippen LogP contribution in [0.4, 0.5) is 0 Å². The van der Waals surface area contributed by atoms with Gasteiger partial charge in [0, 0.05) is 29.8 Å². The van der Waals surface area contributed by atoms with Gasteiger partial charge in [0.1, 0.15) is 0 Å². The van der Waals surface area contributed by atoms with Crippen LogP contribution in [0.2, 0.25) is 0 Å². The summed E-state index contributed by atoms with van der Waals surface area (Å²) in [4.78, 5) is 13.6. The average molecular weight is 226 g/mol. The van der Waals surface area contributed by atoms with Crippen LogP contribution >= 0.6 is 11.3 Å². The third-order valence-electron chi connectivity index (χ3n) is 2.13. The Kier molecular flexibility index (Phi) is 5.36. The van der Waals surface area contributed by atoms with E-state index in [0.29, 0.717) is 6.42 Å². The summed E-state index contributed by atoms with van der Waals surface area (Å²) < 4.78 is 0. The van der Waals surface area contributed by atoms with Crippen LogP contribution < -0.4 is 10.6 Å². The third-order valence-corrected chi connectivity index (χ3v) is 3.13. The van der Waals surface area contributed by atoms with Crippen molar-refractivity contribution in [2.75, 3.05) is 13.6 Å². The van der Waals surface area contributed by atoms with E-state index in [9.17, 15) is 4.79 Å². The highest BCUT2D eigenvalue weighted by atomic mass is 32.1. The molecule has 0 saturated carbocycles. The highest BCUT2D eigenvalue weighted by Gasteiger charge is 1.98. The van der Waals surface area contributed by atoms with Crippen LogP contribution in [-0.4, -0.2) is 19.5 Å². The summed E-state index contributed by atoms with van der Waals surface area (Å²) in [5, 5.41) is 5.94. The highest BCUT2D eigenvalue weighted by molar-refractivity contribution is 7.11. The number of aryl methyl sites for hydroxylation is 1. The molecule has 1 aromatic rings. The van der Waals surface area contributed by atoms with Gasteiger partial charge in [-0.2, -0.15) is 0 Å². The Morgan fingerprint density at radius 3 is 2.87 bits per heavy atom. The minimum Gasteiger partial charge on any atom is -0.359 e. The summed E-state index contributed by atoms with van der Waals surface area (Å²) >= 11 is 1.81. The lowest BCUT2D eigenvalue weighted by atomic mass is 10.3. The molecule has 0 unspecified atom stereocenters. The molecule has 0 spiro atoms. The number of thiophene rings is 1. The third kappa shape index (κ3) is 4.95. The molecule has 0 aliphatic heterocycles. The zero-order valence-corrected chi connectivity index (χ0v) is 10.1. The second-order valence-electron chi connectivity index (χ2n) is 3.47. The highest BCUT2D eigenvalue weighted by Crippen LogP contribution is 2.14. The second kappa shape index (κ2) is 6.58. The Hall–Kier alpha value is -0.870. The molecule has 0 fully saturated rings. The molecule has 3 nitrogen and oxygen atoms in total. The van der Waals surface area contributed by atoms with Crippen molar-refractivity contribution in [3.05, 3.63) is 21.9 Å². The van der Waals surface area contributed by atoms with Crippen molar-refractivity contribution >= 4 is 17.2 Å². The van der Waals surface area contributed by atoms with Gasteiger partial charge in [-0.1, -0.05) is 0 Å². The zero-order chi connectivity index (χ0) is 11.1. The van der Waals surface area contributed by atoms with Crippen molar-refractivity contribution < 1.29 is 4.79 Å². The fourth-order valence-electron chi connectivity index (χ4n) is 1.29. The quantitative estimate of drug-likeness (QED) is 0.725. The first-order valence-electron chi connectivity index (χ1n) is 5.19. The van der Waals surface area contributed by atoms with Crippen LogP contribution in [0, 0.1) is 6.92 Å². The number of carbonyl (C=O) groups is 1. The normalized spacial score (nSPS) is 10.3. The molecule has 15 heavy (non-hydrogen) atoms. The molecule has 0 atom stereocenters. The van der Waals surface area contributed by atoms with Gasteiger partial charge >= 0.3 is 0 Å². The van der Waals surface area contributed by atoms with E-state index in [1.54, 1.807) is 7.05 Å².